The van der Waals surface area contributed by atoms with Crippen LogP contribution in [0.15, 0.2) is 24.4 Å². The van der Waals surface area contributed by atoms with Crippen LogP contribution in [0.1, 0.15) is 50.8 Å². The zero-order chi connectivity index (χ0) is 10.2. The first kappa shape index (κ1) is 11.2. The van der Waals surface area contributed by atoms with Gasteiger partial charge in [0.1, 0.15) is 6.10 Å². The van der Waals surface area contributed by atoms with Crippen LogP contribution in [-0.4, -0.2) is 4.98 Å². The van der Waals surface area contributed by atoms with Gasteiger partial charge >= 0.3 is 0 Å². The predicted molar refractivity (Wildman–Crippen MR) is 56.4 cm³/mol. The molecule has 0 aliphatic carbocycles. The van der Waals surface area contributed by atoms with Crippen LogP contribution in [-0.2, 0) is 5.11 Å². The Balaban J connectivity index is 2.25. The van der Waals surface area contributed by atoms with E-state index in [4.69, 9.17) is 0 Å². The van der Waals surface area contributed by atoms with E-state index in [1.165, 1.54) is 19.3 Å². The first-order valence-electron chi connectivity index (χ1n) is 5.41. The summed E-state index contributed by atoms with van der Waals surface area (Å²) in [6.07, 6.45) is 6.42. The molecule has 1 heterocycles. The molecule has 1 rings (SSSR count). The van der Waals surface area contributed by atoms with Crippen molar-refractivity contribution in [1.29, 1.82) is 0 Å². The lowest BCUT2D eigenvalue weighted by molar-refractivity contribution is 0.0749. The third-order valence-electron chi connectivity index (χ3n) is 2.34. The van der Waals surface area contributed by atoms with Gasteiger partial charge in [-0.2, -0.15) is 0 Å². The lowest BCUT2D eigenvalue weighted by Gasteiger charge is -2.06. The van der Waals surface area contributed by atoms with Crippen molar-refractivity contribution in [2.75, 3.05) is 0 Å². The van der Waals surface area contributed by atoms with Crippen molar-refractivity contribution >= 4 is 0 Å². The summed E-state index contributed by atoms with van der Waals surface area (Å²) in [6.45, 7) is 2.17. The molecule has 1 unspecified atom stereocenters. The first-order chi connectivity index (χ1) is 6.84. The normalized spacial score (nSPS) is 12.7. The van der Waals surface area contributed by atoms with E-state index in [-0.39, 0.29) is 0 Å². The van der Waals surface area contributed by atoms with Gasteiger partial charge in [-0.1, -0.05) is 38.7 Å². The van der Waals surface area contributed by atoms with Crippen LogP contribution >= 0.6 is 0 Å². The van der Waals surface area contributed by atoms with Crippen molar-refractivity contribution in [2.45, 2.75) is 45.1 Å². The summed E-state index contributed by atoms with van der Waals surface area (Å²) in [4.78, 5) is 4.07. The highest BCUT2D eigenvalue weighted by Gasteiger charge is 2.08. The number of pyridine rings is 1. The Hall–Kier alpha value is -0.890. The second-order valence-corrected chi connectivity index (χ2v) is 3.59. The zero-order valence-corrected chi connectivity index (χ0v) is 8.78. The van der Waals surface area contributed by atoms with Crippen molar-refractivity contribution in [3.05, 3.63) is 30.1 Å². The number of aromatic nitrogens is 1. The topological polar surface area (TPSA) is 32.8 Å². The molecule has 0 saturated carbocycles. The van der Waals surface area contributed by atoms with E-state index in [0.717, 1.165) is 12.8 Å². The highest BCUT2D eigenvalue weighted by molar-refractivity contribution is 5.06. The van der Waals surface area contributed by atoms with Gasteiger partial charge in [-0.15, -0.1) is 0 Å². The minimum atomic E-state index is -0.631. The first-order valence-corrected chi connectivity index (χ1v) is 5.41. The summed E-state index contributed by atoms with van der Waals surface area (Å²) in [5.41, 5.74) is 0.684. The minimum absolute atomic E-state index is 0.631. The van der Waals surface area contributed by atoms with Gasteiger partial charge in [-0.25, -0.2) is 5.11 Å². The molecule has 2 nitrogen and oxygen atoms in total. The average Bonchev–Trinajstić information content (AvgIpc) is 2.25. The third kappa shape index (κ3) is 3.88. The maximum atomic E-state index is 11.6. The molecule has 1 aromatic rings. The van der Waals surface area contributed by atoms with Gasteiger partial charge in [-0.3, -0.25) is 4.98 Å². The van der Waals surface area contributed by atoms with Crippen LogP contribution < -0.4 is 0 Å². The van der Waals surface area contributed by atoms with Gasteiger partial charge in [0.25, 0.3) is 0 Å². The Morgan fingerprint density at radius 3 is 2.79 bits per heavy atom. The molecule has 0 aliphatic heterocycles. The van der Waals surface area contributed by atoms with Crippen LogP contribution in [0.3, 0.4) is 0 Å². The third-order valence-corrected chi connectivity index (χ3v) is 2.34. The lowest BCUT2D eigenvalue weighted by atomic mass is 10.1. The number of rotatable bonds is 6. The Morgan fingerprint density at radius 1 is 1.29 bits per heavy atom. The molecule has 2 heteroatoms. The van der Waals surface area contributed by atoms with E-state index in [0.29, 0.717) is 5.69 Å². The molecule has 0 saturated heterocycles. The average molecular weight is 192 g/mol. The van der Waals surface area contributed by atoms with Crippen molar-refractivity contribution in [2.24, 2.45) is 0 Å². The largest absolute Gasteiger partial charge is 0.258 e. The lowest BCUT2D eigenvalue weighted by Crippen LogP contribution is -1.98. The fraction of sp³-hybridized carbons (Fsp3) is 0.583. The van der Waals surface area contributed by atoms with Crippen molar-refractivity contribution in [3.63, 3.8) is 0 Å². The summed E-state index contributed by atoms with van der Waals surface area (Å²) in [5.74, 6) is 0. The molecular formula is C12H18NO. The molecule has 0 fully saturated rings. The highest BCUT2D eigenvalue weighted by Crippen LogP contribution is 2.18. The molecule has 1 radical (unpaired) electrons. The van der Waals surface area contributed by atoms with Gasteiger partial charge in [0.15, 0.2) is 0 Å². The Morgan fingerprint density at radius 2 is 2.14 bits per heavy atom. The molecule has 0 aromatic carbocycles. The van der Waals surface area contributed by atoms with Gasteiger partial charge in [0.2, 0.25) is 0 Å². The predicted octanol–water partition coefficient (Wildman–Crippen LogP) is 3.52. The van der Waals surface area contributed by atoms with Crippen LogP contribution in [0.4, 0.5) is 0 Å². The fourth-order valence-corrected chi connectivity index (χ4v) is 1.47. The molecule has 0 N–H and O–H groups in total. The standard InChI is InChI=1S/C12H18NO/c1-2-3-4-5-9-12(14)11-8-6-7-10-13-11/h6-8,10,12H,2-5,9H2,1H3. The molecule has 14 heavy (non-hydrogen) atoms. The van der Waals surface area contributed by atoms with E-state index < -0.39 is 6.10 Å². The van der Waals surface area contributed by atoms with Crippen LogP contribution in [0, 0.1) is 0 Å². The molecule has 0 bridgehead atoms. The number of hydrogen-bond donors (Lipinski definition) is 0. The van der Waals surface area contributed by atoms with Gasteiger partial charge in [0.05, 0.1) is 5.69 Å². The van der Waals surface area contributed by atoms with Crippen molar-refractivity contribution in [3.8, 4) is 0 Å². The molecule has 0 aliphatic rings. The van der Waals surface area contributed by atoms with Gasteiger partial charge < -0.3 is 0 Å². The molecule has 0 amide bonds. The van der Waals surface area contributed by atoms with Gasteiger partial charge in [0, 0.05) is 6.20 Å². The molecular weight excluding hydrogens is 174 g/mol. The van der Waals surface area contributed by atoms with E-state index in [1.807, 2.05) is 18.2 Å². The van der Waals surface area contributed by atoms with Crippen LogP contribution in [0.25, 0.3) is 0 Å². The second kappa shape index (κ2) is 6.55. The monoisotopic (exact) mass is 192 g/mol. The van der Waals surface area contributed by atoms with Crippen molar-refractivity contribution in [1.82, 2.24) is 4.98 Å². The van der Waals surface area contributed by atoms with Crippen LogP contribution in [0.2, 0.25) is 0 Å². The Kier molecular flexibility index (Phi) is 5.23. The van der Waals surface area contributed by atoms with Gasteiger partial charge in [-0.05, 0) is 18.6 Å². The van der Waals surface area contributed by atoms with Crippen LogP contribution in [0.5, 0.6) is 0 Å². The molecule has 1 atom stereocenters. The Labute approximate surface area is 86.0 Å². The second-order valence-electron chi connectivity index (χ2n) is 3.59. The van der Waals surface area contributed by atoms with E-state index in [2.05, 4.69) is 11.9 Å². The van der Waals surface area contributed by atoms with Crippen molar-refractivity contribution < 1.29 is 5.11 Å². The number of unbranched alkanes of at least 4 members (excludes halogenated alkanes) is 3. The molecule has 1 aromatic heterocycles. The maximum absolute atomic E-state index is 11.6. The Bertz CT molecular complexity index is 235. The summed E-state index contributed by atoms with van der Waals surface area (Å²) in [6, 6.07) is 5.53. The van der Waals surface area contributed by atoms with E-state index >= 15 is 0 Å². The molecule has 77 valence electrons. The highest BCUT2D eigenvalue weighted by atomic mass is 16.3. The van der Waals surface area contributed by atoms with E-state index in [1.54, 1.807) is 6.20 Å². The smallest absolute Gasteiger partial charge is 0.135 e. The summed E-state index contributed by atoms with van der Waals surface area (Å²) in [7, 11) is 0. The summed E-state index contributed by atoms with van der Waals surface area (Å²) < 4.78 is 0. The SMILES string of the molecule is CCCCCCC([O])c1ccccn1. The molecule has 0 spiro atoms. The van der Waals surface area contributed by atoms with E-state index in [9.17, 15) is 5.11 Å². The number of nitrogens with zero attached hydrogens (tertiary/aromatic N) is 1. The maximum Gasteiger partial charge on any atom is 0.135 e. The quantitative estimate of drug-likeness (QED) is 0.635. The summed E-state index contributed by atoms with van der Waals surface area (Å²) in [5, 5.41) is 11.6. The fourth-order valence-electron chi connectivity index (χ4n) is 1.47. The number of hydrogen-bond acceptors (Lipinski definition) is 1. The zero-order valence-electron chi connectivity index (χ0n) is 8.78. The summed E-state index contributed by atoms with van der Waals surface area (Å²) >= 11 is 0. The minimum Gasteiger partial charge on any atom is -0.258 e.